The van der Waals surface area contributed by atoms with E-state index in [1.165, 1.54) is 0 Å². The summed E-state index contributed by atoms with van der Waals surface area (Å²) in [5.74, 6) is 0.102. The molecule has 1 aliphatic heterocycles. The molecule has 0 spiro atoms. The molecule has 110 valence electrons. The van der Waals surface area contributed by atoms with Crippen molar-refractivity contribution in [2.24, 2.45) is 0 Å². The maximum absolute atomic E-state index is 12.4. The molecule has 1 aliphatic rings. The SMILES string of the molecule is Cc1nc2ccccn2c(=O)c1CNC[C@@H]1CCC(=O)N1. The number of aromatic nitrogens is 2. The van der Waals surface area contributed by atoms with E-state index in [4.69, 9.17) is 0 Å². The Bertz CT molecular complexity index is 738. The highest BCUT2D eigenvalue weighted by Gasteiger charge is 2.20. The average Bonchev–Trinajstić information content (AvgIpc) is 2.88. The second-order valence-electron chi connectivity index (χ2n) is 5.34. The quantitative estimate of drug-likeness (QED) is 0.851. The third kappa shape index (κ3) is 2.80. The number of aryl methyl sites for hydroxylation is 1. The van der Waals surface area contributed by atoms with Gasteiger partial charge in [-0.3, -0.25) is 14.0 Å². The van der Waals surface area contributed by atoms with Gasteiger partial charge >= 0.3 is 0 Å². The molecule has 0 aliphatic carbocycles. The predicted octanol–water partition coefficient (Wildman–Crippen LogP) is 0.371. The summed E-state index contributed by atoms with van der Waals surface area (Å²) in [5.41, 5.74) is 2.03. The van der Waals surface area contributed by atoms with Crippen molar-refractivity contribution in [1.82, 2.24) is 20.0 Å². The van der Waals surface area contributed by atoms with Crippen molar-refractivity contribution in [1.29, 1.82) is 0 Å². The van der Waals surface area contributed by atoms with Crippen molar-refractivity contribution in [3.05, 3.63) is 46.0 Å². The van der Waals surface area contributed by atoms with Crippen molar-refractivity contribution in [3.63, 3.8) is 0 Å². The lowest BCUT2D eigenvalue weighted by molar-refractivity contribution is -0.119. The molecule has 6 heteroatoms. The summed E-state index contributed by atoms with van der Waals surface area (Å²) in [6.07, 6.45) is 3.16. The maximum atomic E-state index is 12.4. The Morgan fingerprint density at radius 1 is 1.43 bits per heavy atom. The number of rotatable bonds is 4. The molecule has 3 rings (SSSR count). The maximum Gasteiger partial charge on any atom is 0.262 e. The molecule has 21 heavy (non-hydrogen) atoms. The van der Waals surface area contributed by atoms with Gasteiger partial charge in [0.1, 0.15) is 5.65 Å². The molecule has 1 fully saturated rings. The summed E-state index contributed by atoms with van der Waals surface area (Å²) < 4.78 is 1.56. The summed E-state index contributed by atoms with van der Waals surface area (Å²) in [6, 6.07) is 5.66. The van der Waals surface area contributed by atoms with Crippen LogP contribution in [0.4, 0.5) is 0 Å². The van der Waals surface area contributed by atoms with Crippen LogP contribution in [0, 0.1) is 6.92 Å². The number of carbonyl (C=O) groups is 1. The molecule has 1 amide bonds. The van der Waals surface area contributed by atoms with Gasteiger partial charge in [-0.15, -0.1) is 0 Å². The molecule has 0 aromatic carbocycles. The molecular weight excluding hydrogens is 268 g/mol. The molecule has 0 radical (unpaired) electrons. The summed E-state index contributed by atoms with van der Waals surface area (Å²) in [4.78, 5) is 28.0. The van der Waals surface area contributed by atoms with Crippen LogP contribution in [0.5, 0.6) is 0 Å². The summed E-state index contributed by atoms with van der Waals surface area (Å²) in [5, 5.41) is 6.14. The minimum absolute atomic E-state index is 0.0407. The fourth-order valence-corrected chi connectivity index (χ4v) is 2.64. The van der Waals surface area contributed by atoms with E-state index in [9.17, 15) is 9.59 Å². The van der Waals surface area contributed by atoms with Crippen molar-refractivity contribution in [2.75, 3.05) is 6.54 Å². The van der Waals surface area contributed by atoms with Gasteiger partial charge in [-0.05, 0) is 25.5 Å². The van der Waals surface area contributed by atoms with Gasteiger partial charge < -0.3 is 10.6 Å². The predicted molar refractivity (Wildman–Crippen MR) is 79.1 cm³/mol. The normalized spacial score (nSPS) is 18.1. The molecule has 1 atom stereocenters. The Kier molecular flexibility index (Phi) is 3.70. The van der Waals surface area contributed by atoms with Crippen molar-refractivity contribution in [2.45, 2.75) is 32.4 Å². The van der Waals surface area contributed by atoms with Gasteiger partial charge in [0.05, 0.1) is 5.56 Å². The zero-order chi connectivity index (χ0) is 14.8. The van der Waals surface area contributed by atoms with E-state index in [1.807, 2.05) is 25.1 Å². The first kappa shape index (κ1) is 13.8. The number of nitrogens with zero attached hydrogens (tertiary/aromatic N) is 2. The number of hydrogen-bond acceptors (Lipinski definition) is 4. The van der Waals surface area contributed by atoms with E-state index in [0.717, 1.165) is 12.1 Å². The Hall–Kier alpha value is -2.21. The van der Waals surface area contributed by atoms with Crippen molar-refractivity contribution < 1.29 is 4.79 Å². The smallest absolute Gasteiger partial charge is 0.262 e. The Morgan fingerprint density at radius 2 is 2.29 bits per heavy atom. The summed E-state index contributed by atoms with van der Waals surface area (Å²) in [7, 11) is 0. The van der Waals surface area contributed by atoms with Gasteiger partial charge in [-0.1, -0.05) is 6.07 Å². The van der Waals surface area contributed by atoms with E-state index < -0.39 is 0 Å². The van der Waals surface area contributed by atoms with E-state index in [2.05, 4.69) is 15.6 Å². The minimum atomic E-state index is -0.0407. The van der Waals surface area contributed by atoms with Gasteiger partial charge in [0, 0.05) is 37.4 Å². The molecule has 2 aromatic heterocycles. The zero-order valence-corrected chi connectivity index (χ0v) is 11.9. The molecule has 1 saturated heterocycles. The molecule has 2 aromatic rings. The molecule has 3 heterocycles. The second-order valence-corrected chi connectivity index (χ2v) is 5.34. The van der Waals surface area contributed by atoms with Crippen molar-refractivity contribution >= 4 is 11.6 Å². The van der Waals surface area contributed by atoms with Crippen LogP contribution in [0.2, 0.25) is 0 Å². The number of pyridine rings is 1. The van der Waals surface area contributed by atoms with E-state index >= 15 is 0 Å². The summed E-state index contributed by atoms with van der Waals surface area (Å²) >= 11 is 0. The van der Waals surface area contributed by atoms with Gasteiger partial charge in [0.25, 0.3) is 5.56 Å². The first-order valence-corrected chi connectivity index (χ1v) is 7.12. The third-order valence-electron chi connectivity index (χ3n) is 3.81. The number of hydrogen-bond donors (Lipinski definition) is 2. The topological polar surface area (TPSA) is 75.5 Å². The van der Waals surface area contributed by atoms with Gasteiger partial charge in [-0.2, -0.15) is 0 Å². The number of fused-ring (bicyclic) bond motifs is 1. The first-order valence-electron chi connectivity index (χ1n) is 7.12. The summed E-state index contributed by atoms with van der Waals surface area (Å²) in [6.45, 7) is 2.98. The fourth-order valence-electron chi connectivity index (χ4n) is 2.64. The average molecular weight is 286 g/mol. The van der Waals surface area contributed by atoms with Crippen LogP contribution in [0.15, 0.2) is 29.2 Å². The third-order valence-corrected chi connectivity index (χ3v) is 3.81. The Morgan fingerprint density at radius 3 is 3.05 bits per heavy atom. The Labute approximate surface area is 122 Å². The highest BCUT2D eigenvalue weighted by Crippen LogP contribution is 2.06. The lowest BCUT2D eigenvalue weighted by Crippen LogP contribution is -2.36. The standard InChI is InChI=1S/C15H18N4O2/c1-10-12(9-16-8-11-5-6-14(20)18-11)15(21)19-7-3-2-4-13(19)17-10/h2-4,7,11,16H,5-6,8-9H2,1H3,(H,18,20)/t11-/m0/s1. The molecule has 2 N–H and O–H groups in total. The lowest BCUT2D eigenvalue weighted by atomic mass is 10.2. The largest absolute Gasteiger partial charge is 0.352 e. The van der Waals surface area contributed by atoms with Crippen LogP contribution >= 0.6 is 0 Å². The Balaban J connectivity index is 1.74. The van der Waals surface area contributed by atoms with Gasteiger partial charge in [0.15, 0.2) is 0 Å². The van der Waals surface area contributed by atoms with Crippen LogP contribution in [0.25, 0.3) is 5.65 Å². The van der Waals surface area contributed by atoms with E-state index in [-0.39, 0.29) is 17.5 Å². The zero-order valence-electron chi connectivity index (χ0n) is 11.9. The van der Waals surface area contributed by atoms with Crippen LogP contribution in [0.3, 0.4) is 0 Å². The van der Waals surface area contributed by atoms with E-state index in [0.29, 0.717) is 30.7 Å². The molecule has 0 unspecified atom stereocenters. The number of carbonyl (C=O) groups excluding carboxylic acids is 1. The molecule has 0 bridgehead atoms. The van der Waals surface area contributed by atoms with Gasteiger partial charge in [-0.25, -0.2) is 4.98 Å². The lowest BCUT2D eigenvalue weighted by Gasteiger charge is -2.12. The molecule has 6 nitrogen and oxygen atoms in total. The van der Waals surface area contributed by atoms with Crippen LogP contribution < -0.4 is 16.2 Å². The highest BCUT2D eigenvalue weighted by atomic mass is 16.2. The van der Waals surface area contributed by atoms with Gasteiger partial charge in [0.2, 0.25) is 5.91 Å². The highest BCUT2D eigenvalue weighted by molar-refractivity contribution is 5.78. The number of amides is 1. The van der Waals surface area contributed by atoms with Crippen LogP contribution in [-0.2, 0) is 11.3 Å². The fraction of sp³-hybridized carbons (Fsp3) is 0.400. The van der Waals surface area contributed by atoms with E-state index in [1.54, 1.807) is 10.6 Å². The van der Waals surface area contributed by atoms with Crippen LogP contribution in [-0.4, -0.2) is 27.9 Å². The minimum Gasteiger partial charge on any atom is -0.352 e. The second kappa shape index (κ2) is 5.65. The first-order chi connectivity index (χ1) is 10.1. The molecule has 0 saturated carbocycles. The number of nitrogens with one attached hydrogen (secondary N) is 2. The monoisotopic (exact) mass is 286 g/mol. The molecular formula is C15H18N4O2. The van der Waals surface area contributed by atoms with Crippen molar-refractivity contribution in [3.8, 4) is 0 Å². The van der Waals surface area contributed by atoms with Crippen LogP contribution in [0.1, 0.15) is 24.1 Å².